The van der Waals surface area contributed by atoms with E-state index < -0.39 is 23.5 Å². The highest BCUT2D eigenvalue weighted by Crippen LogP contribution is 2.20. The van der Waals surface area contributed by atoms with E-state index >= 15 is 0 Å². The molecule has 108 valence electrons. The van der Waals surface area contributed by atoms with E-state index in [1.54, 1.807) is 13.0 Å². The molecule has 1 aromatic carbocycles. The molecule has 0 aliphatic carbocycles. The van der Waals surface area contributed by atoms with E-state index in [-0.39, 0.29) is 12.2 Å². The van der Waals surface area contributed by atoms with Gasteiger partial charge in [-0.25, -0.2) is 4.79 Å². The van der Waals surface area contributed by atoms with Crippen LogP contribution in [0.5, 0.6) is 0 Å². The van der Waals surface area contributed by atoms with Gasteiger partial charge in [-0.1, -0.05) is 12.1 Å². The molecule has 0 aliphatic rings. The smallest absolute Gasteiger partial charge is 0.323 e. The van der Waals surface area contributed by atoms with Crippen LogP contribution in [0.15, 0.2) is 18.2 Å². The maximum atomic E-state index is 11.6. The van der Waals surface area contributed by atoms with Crippen molar-refractivity contribution < 1.29 is 19.6 Å². The summed E-state index contributed by atoms with van der Waals surface area (Å²) in [4.78, 5) is 33.4. The van der Waals surface area contributed by atoms with Gasteiger partial charge in [0.2, 0.25) is 0 Å². The molecule has 20 heavy (non-hydrogen) atoms. The molecule has 8 nitrogen and oxygen atoms in total. The third kappa shape index (κ3) is 3.94. The molecule has 0 fully saturated rings. The molecule has 0 unspecified atom stereocenters. The molecule has 0 aliphatic heterocycles. The van der Waals surface area contributed by atoms with Gasteiger partial charge in [0.05, 0.1) is 4.92 Å². The number of hydrogen-bond acceptors (Lipinski definition) is 4. The lowest BCUT2D eigenvalue weighted by molar-refractivity contribution is -0.385. The fourth-order valence-electron chi connectivity index (χ4n) is 1.64. The van der Waals surface area contributed by atoms with Crippen LogP contribution in [0.1, 0.15) is 11.1 Å². The van der Waals surface area contributed by atoms with Gasteiger partial charge in [-0.2, -0.15) is 0 Å². The van der Waals surface area contributed by atoms with Gasteiger partial charge in [-0.3, -0.25) is 14.9 Å². The maximum Gasteiger partial charge on any atom is 0.323 e. The summed E-state index contributed by atoms with van der Waals surface area (Å²) in [5.74, 6) is -1.12. The molecule has 0 radical (unpaired) electrons. The van der Waals surface area contributed by atoms with Gasteiger partial charge in [0.25, 0.3) is 5.69 Å². The number of carboxylic acids is 1. The molecular formula is C12H15N3O5. The molecule has 0 spiro atoms. The number of urea groups is 1. The number of carbonyl (C=O) groups excluding carboxylic acids is 1. The predicted molar refractivity (Wildman–Crippen MR) is 70.3 cm³/mol. The van der Waals surface area contributed by atoms with Crippen LogP contribution in [0.4, 0.5) is 10.5 Å². The van der Waals surface area contributed by atoms with E-state index in [9.17, 15) is 19.7 Å². The Hall–Kier alpha value is -2.64. The number of rotatable bonds is 5. The van der Waals surface area contributed by atoms with Gasteiger partial charge in [0.1, 0.15) is 6.54 Å². The van der Waals surface area contributed by atoms with Crippen LogP contribution in [-0.4, -0.2) is 40.5 Å². The zero-order valence-corrected chi connectivity index (χ0v) is 11.1. The molecule has 0 saturated heterocycles. The molecule has 1 aromatic rings. The molecule has 8 heteroatoms. The molecule has 2 N–H and O–H groups in total. The van der Waals surface area contributed by atoms with Gasteiger partial charge in [0.15, 0.2) is 0 Å². The van der Waals surface area contributed by atoms with Crippen molar-refractivity contribution in [1.29, 1.82) is 0 Å². The first-order valence-corrected chi connectivity index (χ1v) is 5.76. The van der Waals surface area contributed by atoms with Crippen molar-refractivity contribution in [3.63, 3.8) is 0 Å². The van der Waals surface area contributed by atoms with Crippen LogP contribution < -0.4 is 5.32 Å². The molecule has 0 bridgehead atoms. The summed E-state index contributed by atoms with van der Waals surface area (Å²) >= 11 is 0. The number of nitrogens with zero attached hydrogens (tertiary/aromatic N) is 2. The van der Waals surface area contributed by atoms with Crippen LogP contribution in [0.3, 0.4) is 0 Å². The van der Waals surface area contributed by atoms with Crippen LogP contribution >= 0.6 is 0 Å². The quantitative estimate of drug-likeness (QED) is 0.620. The number of carboxylic acid groups (broad SMARTS) is 1. The number of likely N-dealkylation sites (N-methyl/N-ethyl adjacent to an activating group) is 1. The molecule has 0 heterocycles. The van der Waals surface area contributed by atoms with Crippen molar-refractivity contribution in [2.45, 2.75) is 13.5 Å². The van der Waals surface area contributed by atoms with Gasteiger partial charge in [-0.05, 0) is 12.5 Å². The number of carbonyl (C=O) groups is 2. The molecule has 0 aromatic heterocycles. The maximum absolute atomic E-state index is 11.6. The summed E-state index contributed by atoms with van der Waals surface area (Å²) in [6, 6.07) is 4.03. The zero-order valence-electron chi connectivity index (χ0n) is 11.1. The number of amides is 2. The molecular weight excluding hydrogens is 266 g/mol. The van der Waals surface area contributed by atoms with E-state index in [1.807, 2.05) is 0 Å². The standard InChI is InChI=1S/C12H15N3O5/c1-8-9(4-3-5-10(8)15(19)20)6-13-12(18)14(2)7-11(16)17/h3-5H,6-7H2,1-2H3,(H,13,18)(H,16,17). The average Bonchev–Trinajstić information content (AvgIpc) is 2.35. The first kappa shape index (κ1) is 15.4. The largest absolute Gasteiger partial charge is 0.480 e. The van der Waals surface area contributed by atoms with Crippen LogP contribution in [-0.2, 0) is 11.3 Å². The lowest BCUT2D eigenvalue weighted by Gasteiger charge is -2.16. The van der Waals surface area contributed by atoms with Crippen LogP contribution in [0.2, 0.25) is 0 Å². The number of aliphatic carboxylic acids is 1. The lowest BCUT2D eigenvalue weighted by atomic mass is 10.1. The Balaban J connectivity index is 2.71. The topological polar surface area (TPSA) is 113 Å². The number of nitrogens with one attached hydrogen (secondary N) is 1. The van der Waals surface area contributed by atoms with Crippen LogP contribution in [0.25, 0.3) is 0 Å². The van der Waals surface area contributed by atoms with Crippen molar-refractivity contribution in [2.75, 3.05) is 13.6 Å². The second-order valence-corrected chi connectivity index (χ2v) is 4.23. The predicted octanol–water partition coefficient (Wildman–Crippen LogP) is 1.13. The summed E-state index contributed by atoms with van der Waals surface area (Å²) in [6.07, 6.45) is 0. The van der Waals surface area contributed by atoms with Crippen molar-refractivity contribution in [1.82, 2.24) is 10.2 Å². The van der Waals surface area contributed by atoms with E-state index in [1.165, 1.54) is 19.2 Å². The summed E-state index contributed by atoms with van der Waals surface area (Å²) in [5, 5.41) is 21.9. The first-order valence-electron chi connectivity index (χ1n) is 5.76. The van der Waals surface area contributed by atoms with Gasteiger partial charge >= 0.3 is 12.0 Å². The minimum absolute atomic E-state index is 0.0179. The average molecular weight is 281 g/mol. The van der Waals surface area contributed by atoms with E-state index in [0.29, 0.717) is 11.1 Å². The molecule has 0 saturated carbocycles. The highest BCUT2D eigenvalue weighted by atomic mass is 16.6. The van der Waals surface area contributed by atoms with Crippen molar-refractivity contribution >= 4 is 17.7 Å². The summed E-state index contributed by atoms with van der Waals surface area (Å²) in [5.41, 5.74) is 1.06. The second kappa shape index (κ2) is 6.50. The molecule has 0 atom stereocenters. The summed E-state index contributed by atoms with van der Waals surface area (Å²) < 4.78 is 0. The molecule has 2 amide bonds. The fourth-order valence-corrected chi connectivity index (χ4v) is 1.64. The van der Waals surface area contributed by atoms with Crippen molar-refractivity contribution in [3.8, 4) is 0 Å². The van der Waals surface area contributed by atoms with Crippen molar-refractivity contribution in [3.05, 3.63) is 39.4 Å². The second-order valence-electron chi connectivity index (χ2n) is 4.23. The lowest BCUT2D eigenvalue weighted by Crippen LogP contribution is -2.39. The fraction of sp³-hybridized carbons (Fsp3) is 0.333. The number of hydrogen-bond donors (Lipinski definition) is 2. The summed E-state index contributed by atoms with van der Waals surface area (Å²) in [7, 11) is 1.35. The van der Waals surface area contributed by atoms with E-state index in [2.05, 4.69) is 5.32 Å². The Kier molecular flexibility index (Phi) is 5.01. The van der Waals surface area contributed by atoms with E-state index in [0.717, 1.165) is 4.90 Å². The van der Waals surface area contributed by atoms with Crippen molar-refractivity contribution in [2.24, 2.45) is 0 Å². The summed E-state index contributed by atoms with van der Waals surface area (Å²) in [6.45, 7) is 1.27. The Bertz CT molecular complexity index is 544. The van der Waals surface area contributed by atoms with Gasteiger partial charge < -0.3 is 15.3 Å². The Labute approximate surface area is 115 Å². The number of benzene rings is 1. The highest BCUT2D eigenvalue weighted by Gasteiger charge is 2.15. The van der Waals surface area contributed by atoms with Crippen LogP contribution in [0, 0.1) is 17.0 Å². The Morgan fingerprint density at radius 2 is 2.10 bits per heavy atom. The number of nitro groups is 1. The number of nitro benzene ring substituents is 1. The first-order chi connectivity index (χ1) is 9.32. The normalized spacial score (nSPS) is 9.90. The molecule has 1 rings (SSSR count). The monoisotopic (exact) mass is 281 g/mol. The minimum Gasteiger partial charge on any atom is -0.480 e. The highest BCUT2D eigenvalue weighted by molar-refractivity contribution is 5.79. The van der Waals surface area contributed by atoms with E-state index in [4.69, 9.17) is 5.11 Å². The Morgan fingerprint density at radius 1 is 1.45 bits per heavy atom. The Morgan fingerprint density at radius 3 is 2.65 bits per heavy atom. The van der Waals surface area contributed by atoms with Gasteiger partial charge in [-0.15, -0.1) is 0 Å². The third-order valence-corrected chi connectivity index (χ3v) is 2.76. The SMILES string of the molecule is Cc1c(CNC(=O)N(C)CC(=O)O)cccc1[N+](=O)[O-]. The minimum atomic E-state index is -1.12. The van der Waals surface area contributed by atoms with Gasteiger partial charge in [0, 0.05) is 25.2 Å². The third-order valence-electron chi connectivity index (χ3n) is 2.76. The zero-order chi connectivity index (χ0) is 15.3.